The molecule has 7 heteroatoms. The van der Waals surface area contributed by atoms with E-state index in [0.29, 0.717) is 41.1 Å². The zero-order valence-electron chi connectivity index (χ0n) is 22.7. The Morgan fingerprint density at radius 3 is 2.50 bits per heavy atom. The van der Waals surface area contributed by atoms with Crippen molar-refractivity contribution in [2.75, 3.05) is 13.1 Å². The van der Waals surface area contributed by atoms with Gasteiger partial charge in [-0.3, -0.25) is 4.79 Å². The second-order valence-corrected chi connectivity index (χ2v) is 11.5. The highest BCUT2D eigenvalue weighted by molar-refractivity contribution is 6.01. The molecule has 40 heavy (non-hydrogen) atoms. The number of carbonyl (C=O) groups excluding carboxylic acids is 1. The molecule has 0 saturated carbocycles. The lowest BCUT2D eigenvalue weighted by Gasteiger charge is -2.50. The van der Waals surface area contributed by atoms with Crippen LogP contribution in [0.25, 0.3) is 28.0 Å². The monoisotopic (exact) mass is 535 g/mol. The van der Waals surface area contributed by atoms with Crippen LogP contribution in [0.1, 0.15) is 53.5 Å². The van der Waals surface area contributed by atoms with E-state index < -0.39 is 5.97 Å². The number of rotatable bonds is 4. The maximum atomic E-state index is 13.9. The fourth-order valence-corrected chi connectivity index (χ4v) is 6.51. The molecule has 202 valence electrons. The molecular formula is C33H30FN3O3. The molecule has 0 fully saturated rings. The molecule has 2 aliphatic rings. The van der Waals surface area contributed by atoms with Gasteiger partial charge in [0.05, 0.1) is 22.2 Å². The summed E-state index contributed by atoms with van der Waals surface area (Å²) in [5.41, 5.74) is 5.66. The van der Waals surface area contributed by atoms with Crippen LogP contribution in [-0.2, 0) is 0 Å². The Morgan fingerprint density at radius 1 is 1.00 bits per heavy atom. The van der Waals surface area contributed by atoms with E-state index in [9.17, 15) is 19.1 Å². The van der Waals surface area contributed by atoms with Crippen LogP contribution in [0, 0.1) is 16.6 Å². The molecular weight excluding hydrogens is 505 g/mol. The van der Waals surface area contributed by atoms with Gasteiger partial charge in [0.1, 0.15) is 11.6 Å². The van der Waals surface area contributed by atoms with Gasteiger partial charge in [0, 0.05) is 29.5 Å². The van der Waals surface area contributed by atoms with Crippen LogP contribution in [0.3, 0.4) is 0 Å². The summed E-state index contributed by atoms with van der Waals surface area (Å²) in [7, 11) is 0. The molecule has 0 saturated heterocycles. The Labute approximate surface area is 231 Å². The zero-order valence-corrected chi connectivity index (χ0v) is 22.7. The number of aromatic amines is 1. The summed E-state index contributed by atoms with van der Waals surface area (Å²) in [6.45, 7) is 7.66. The van der Waals surface area contributed by atoms with Crippen molar-refractivity contribution in [3.63, 3.8) is 0 Å². The largest absolute Gasteiger partial charge is 0.478 e. The first-order valence-corrected chi connectivity index (χ1v) is 13.4. The van der Waals surface area contributed by atoms with E-state index in [4.69, 9.17) is 0 Å². The number of fused-ring (bicyclic) bond motifs is 2. The molecule has 1 aliphatic heterocycles. The van der Waals surface area contributed by atoms with Crippen molar-refractivity contribution in [2.45, 2.75) is 27.2 Å². The summed E-state index contributed by atoms with van der Waals surface area (Å²) >= 11 is 0. The smallest absolute Gasteiger partial charge is 0.335 e. The summed E-state index contributed by atoms with van der Waals surface area (Å²) in [5.74, 6) is -0.826. The van der Waals surface area contributed by atoms with Gasteiger partial charge in [0.2, 0.25) is 0 Å². The van der Waals surface area contributed by atoms with Gasteiger partial charge in [0.15, 0.2) is 0 Å². The normalized spacial score (nSPS) is 20.1. The number of halogens is 1. The Kier molecular flexibility index (Phi) is 5.98. The van der Waals surface area contributed by atoms with E-state index in [1.807, 2.05) is 41.3 Å². The molecule has 1 amide bonds. The number of carboxylic acid groups (broad SMARTS) is 1. The lowest BCUT2D eigenvalue weighted by molar-refractivity contribution is 0.0679. The number of nitrogens with zero attached hydrogens (tertiary/aromatic N) is 2. The zero-order chi connectivity index (χ0) is 28.2. The second kappa shape index (κ2) is 9.30. The van der Waals surface area contributed by atoms with Crippen molar-refractivity contribution in [2.24, 2.45) is 10.8 Å². The van der Waals surface area contributed by atoms with E-state index in [0.717, 1.165) is 12.0 Å². The van der Waals surface area contributed by atoms with E-state index >= 15 is 0 Å². The predicted octanol–water partition coefficient (Wildman–Crippen LogP) is 6.97. The highest BCUT2D eigenvalue weighted by Crippen LogP contribution is 2.55. The number of benzene rings is 3. The maximum absolute atomic E-state index is 13.9. The van der Waals surface area contributed by atoms with Crippen molar-refractivity contribution in [3.8, 4) is 11.4 Å². The average Bonchev–Trinajstić information content (AvgIpc) is 3.35. The summed E-state index contributed by atoms with van der Waals surface area (Å²) in [6, 6.07) is 18.8. The maximum Gasteiger partial charge on any atom is 0.335 e. The topological polar surface area (TPSA) is 86.3 Å². The molecule has 1 aliphatic carbocycles. The fourth-order valence-electron chi connectivity index (χ4n) is 6.51. The van der Waals surface area contributed by atoms with Crippen molar-refractivity contribution in [3.05, 3.63) is 107 Å². The highest BCUT2D eigenvalue weighted by atomic mass is 19.1. The number of H-pyrrole nitrogens is 1. The number of carbonyl (C=O) groups is 2. The molecule has 0 radical (unpaired) electrons. The SMILES string of the molecule is CC1(C)C(c2ccc(C(=O)O)cc2)=CC[C@]2(C)CN(C(=O)c3ccccc3-c3nc4ccc(F)cc4[nH]3)CC=C12. The van der Waals surface area contributed by atoms with Gasteiger partial charge in [-0.25, -0.2) is 14.2 Å². The highest BCUT2D eigenvalue weighted by Gasteiger charge is 2.46. The molecule has 4 aromatic rings. The van der Waals surface area contributed by atoms with Crippen LogP contribution in [-0.4, -0.2) is 44.9 Å². The molecule has 3 aromatic carbocycles. The van der Waals surface area contributed by atoms with Crippen molar-refractivity contribution < 1.29 is 19.1 Å². The van der Waals surface area contributed by atoms with Gasteiger partial charge in [-0.05, 0) is 54.0 Å². The minimum atomic E-state index is -0.938. The molecule has 6 nitrogen and oxygen atoms in total. The third kappa shape index (κ3) is 4.22. The minimum Gasteiger partial charge on any atom is -0.478 e. The number of carboxylic acids is 1. The number of allylic oxidation sites excluding steroid dienone is 2. The van der Waals surface area contributed by atoms with Gasteiger partial charge in [-0.1, -0.05) is 68.8 Å². The van der Waals surface area contributed by atoms with Crippen molar-refractivity contribution in [1.29, 1.82) is 0 Å². The third-order valence-electron chi connectivity index (χ3n) is 8.40. The van der Waals surface area contributed by atoms with Gasteiger partial charge in [-0.2, -0.15) is 0 Å². The quantitative estimate of drug-likeness (QED) is 0.276. The Morgan fingerprint density at radius 2 is 1.75 bits per heavy atom. The number of aromatic nitrogens is 2. The molecule has 2 N–H and O–H groups in total. The van der Waals surface area contributed by atoms with E-state index in [2.05, 4.69) is 42.9 Å². The fraction of sp³-hybridized carbons (Fsp3) is 0.242. The van der Waals surface area contributed by atoms with Crippen molar-refractivity contribution >= 4 is 28.5 Å². The molecule has 0 spiro atoms. The Hall–Kier alpha value is -4.52. The third-order valence-corrected chi connectivity index (χ3v) is 8.40. The van der Waals surface area contributed by atoms with Crippen LogP contribution in [0.15, 0.2) is 84.5 Å². The number of nitrogens with one attached hydrogen (secondary N) is 1. The lowest BCUT2D eigenvalue weighted by atomic mass is 9.58. The first-order valence-electron chi connectivity index (χ1n) is 13.4. The van der Waals surface area contributed by atoms with Crippen LogP contribution in [0.2, 0.25) is 0 Å². The number of aromatic carboxylic acids is 1. The molecule has 6 rings (SSSR count). The summed E-state index contributed by atoms with van der Waals surface area (Å²) in [4.78, 5) is 34.9. The molecule has 0 bridgehead atoms. The Bertz CT molecular complexity index is 1730. The molecule has 1 aromatic heterocycles. The van der Waals surface area contributed by atoms with Gasteiger partial charge in [-0.15, -0.1) is 0 Å². The van der Waals surface area contributed by atoms with Gasteiger partial charge >= 0.3 is 5.97 Å². The summed E-state index contributed by atoms with van der Waals surface area (Å²) in [5, 5.41) is 9.28. The van der Waals surface area contributed by atoms with E-state index in [1.54, 1.807) is 18.2 Å². The number of amides is 1. The van der Waals surface area contributed by atoms with Crippen LogP contribution >= 0.6 is 0 Å². The first-order chi connectivity index (χ1) is 19.1. The second-order valence-electron chi connectivity index (χ2n) is 11.5. The van der Waals surface area contributed by atoms with Crippen molar-refractivity contribution in [1.82, 2.24) is 14.9 Å². The average molecular weight is 536 g/mol. The van der Waals surface area contributed by atoms with E-state index in [1.165, 1.54) is 23.3 Å². The van der Waals surface area contributed by atoms with Crippen LogP contribution in [0.5, 0.6) is 0 Å². The van der Waals surface area contributed by atoms with Crippen LogP contribution in [0.4, 0.5) is 4.39 Å². The number of hydrogen-bond donors (Lipinski definition) is 2. The Balaban J connectivity index is 1.30. The molecule has 2 heterocycles. The summed E-state index contributed by atoms with van der Waals surface area (Å²) in [6.07, 6.45) is 5.19. The first kappa shape index (κ1) is 25.7. The molecule has 0 unspecified atom stereocenters. The summed E-state index contributed by atoms with van der Waals surface area (Å²) < 4.78 is 13.8. The molecule has 1 atom stereocenters. The number of hydrogen-bond acceptors (Lipinski definition) is 3. The standard InChI is InChI=1S/C33H30FN3O3/c1-32(2)25(20-8-10-21(11-9-20)31(39)40)14-16-33(3)19-37(17-15-28(32)33)30(38)24-7-5-4-6-23(24)29-35-26-13-12-22(34)18-27(26)36-29/h4-15,18H,16-17,19H2,1-3H3,(H,35,36)(H,39,40)/t33-/m1/s1. The predicted molar refractivity (Wildman–Crippen MR) is 153 cm³/mol. The minimum absolute atomic E-state index is 0.0735. The van der Waals surface area contributed by atoms with E-state index in [-0.39, 0.29) is 28.1 Å². The number of imidazole rings is 1. The van der Waals surface area contributed by atoms with Gasteiger partial charge in [0.25, 0.3) is 5.91 Å². The van der Waals surface area contributed by atoms with Crippen LogP contribution < -0.4 is 0 Å². The van der Waals surface area contributed by atoms with Gasteiger partial charge < -0.3 is 15.0 Å². The lowest BCUT2D eigenvalue weighted by Crippen LogP contribution is -2.48.